The van der Waals surface area contributed by atoms with Crippen LogP contribution in [0.1, 0.15) is 11.1 Å². The van der Waals surface area contributed by atoms with Crippen LogP contribution in [0.4, 0.5) is 13.2 Å². The molecule has 0 saturated carbocycles. The lowest BCUT2D eigenvalue weighted by molar-refractivity contribution is -0.138. The molecule has 0 aliphatic heterocycles. The molecule has 0 spiro atoms. The summed E-state index contributed by atoms with van der Waals surface area (Å²) in [6.45, 7) is -0.227. The lowest BCUT2D eigenvalue weighted by Crippen LogP contribution is -2.11. The monoisotopic (exact) mass is 412 g/mol. The predicted octanol–water partition coefficient (Wildman–Crippen LogP) is 5.54. The van der Waals surface area contributed by atoms with Crippen molar-refractivity contribution in [2.75, 3.05) is 0 Å². The fourth-order valence-electron chi connectivity index (χ4n) is 1.66. The van der Waals surface area contributed by atoms with Crippen LogP contribution in [0.15, 0.2) is 42.5 Å². The van der Waals surface area contributed by atoms with Crippen LogP contribution in [0.3, 0.4) is 0 Å². The zero-order valence-corrected chi connectivity index (χ0v) is 13.0. The fraction of sp³-hybridized carbons (Fsp3) is 0.143. The molecule has 20 heavy (non-hydrogen) atoms. The van der Waals surface area contributed by atoms with E-state index in [9.17, 15) is 13.2 Å². The molecule has 0 aromatic heterocycles. The molecule has 0 saturated heterocycles. The zero-order valence-electron chi connectivity index (χ0n) is 10.0. The van der Waals surface area contributed by atoms with E-state index < -0.39 is 11.7 Å². The first-order chi connectivity index (χ1) is 9.38. The Hall–Kier alpha value is -0.950. The topological polar surface area (TPSA) is 9.23 Å². The molecule has 1 nitrogen and oxygen atoms in total. The third-order valence-electron chi connectivity index (χ3n) is 2.62. The molecule has 0 radical (unpaired) electrons. The van der Waals surface area contributed by atoms with E-state index >= 15 is 0 Å². The van der Waals surface area contributed by atoms with Crippen molar-refractivity contribution in [3.05, 3.63) is 62.2 Å². The zero-order chi connectivity index (χ0) is 14.8. The molecular weight excluding hydrogens is 404 g/mol. The summed E-state index contributed by atoms with van der Waals surface area (Å²) in [7, 11) is 0. The summed E-state index contributed by atoms with van der Waals surface area (Å²) in [5.74, 6) is 0.499. The fourth-order valence-corrected chi connectivity index (χ4v) is 2.25. The highest BCUT2D eigenvalue weighted by atomic mass is 127. The Morgan fingerprint density at radius 2 is 1.70 bits per heavy atom. The summed E-state index contributed by atoms with van der Waals surface area (Å²) in [5, 5.41) is 0.0466. The molecule has 0 aliphatic rings. The lowest BCUT2D eigenvalue weighted by atomic mass is 10.1. The minimum absolute atomic E-state index is 0.0466. The van der Waals surface area contributed by atoms with Gasteiger partial charge >= 0.3 is 6.18 Å². The minimum atomic E-state index is -4.45. The minimum Gasteiger partial charge on any atom is -0.489 e. The largest absolute Gasteiger partial charge is 0.489 e. The summed E-state index contributed by atoms with van der Waals surface area (Å²) in [4.78, 5) is 0. The summed E-state index contributed by atoms with van der Waals surface area (Å²) >= 11 is 7.98. The van der Waals surface area contributed by atoms with Crippen LogP contribution in [-0.2, 0) is 12.8 Å². The third-order valence-corrected chi connectivity index (χ3v) is 3.69. The Bertz CT molecular complexity index is 596. The summed E-state index contributed by atoms with van der Waals surface area (Å²) in [6, 6.07) is 10.7. The van der Waals surface area contributed by atoms with E-state index in [-0.39, 0.29) is 17.2 Å². The van der Waals surface area contributed by atoms with Crippen LogP contribution < -0.4 is 4.74 Å². The summed E-state index contributed by atoms with van der Waals surface area (Å²) in [5.41, 5.74) is -0.823. The van der Waals surface area contributed by atoms with E-state index in [2.05, 4.69) is 22.6 Å². The first-order valence-corrected chi connectivity index (χ1v) is 7.06. The van der Waals surface area contributed by atoms with Gasteiger partial charge in [-0.15, -0.1) is 0 Å². The average molecular weight is 413 g/mol. The maximum atomic E-state index is 12.9. The Kier molecular flexibility index (Phi) is 4.80. The van der Waals surface area contributed by atoms with E-state index in [1.807, 2.05) is 12.1 Å². The second kappa shape index (κ2) is 6.22. The average Bonchev–Trinajstić information content (AvgIpc) is 2.38. The highest BCUT2D eigenvalue weighted by molar-refractivity contribution is 14.1. The molecule has 2 aromatic carbocycles. The van der Waals surface area contributed by atoms with Crippen molar-refractivity contribution in [1.29, 1.82) is 0 Å². The molecule has 106 valence electrons. The normalized spacial score (nSPS) is 11.4. The molecule has 0 fully saturated rings. The molecule has 0 bridgehead atoms. The summed E-state index contributed by atoms with van der Waals surface area (Å²) < 4.78 is 45.1. The van der Waals surface area contributed by atoms with Crippen LogP contribution in [0.5, 0.6) is 5.75 Å². The molecule has 0 aliphatic carbocycles. The number of alkyl halides is 3. The molecule has 0 heterocycles. The maximum Gasteiger partial charge on any atom is 0.416 e. The van der Waals surface area contributed by atoms with Gasteiger partial charge in [-0.2, -0.15) is 13.2 Å². The SMILES string of the molecule is FC(F)(F)c1cccc(Cl)c1COc1ccc(I)cc1. The standard InChI is InChI=1S/C14H9ClF3IO/c15-13-3-1-2-12(14(16,17)18)11(13)8-20-10-6-4-9(19)5-7-10/h1-7H,8H2. The van der Waals surface area contributed by atoms with Crippen molar-refractivity contribution in [1.82, 2.24) is 0 Å². The summed E-state index contributed by atoms with van der Waals surface area (Å²) in [6.07, 6.45) is -4.45. The van der Waals surface area contributed by atoms with Gasteiger partial charge in [-0.05, 0) is 59.0 Å². The molecule has 0 unspecified atom stereocenters. The number of halogens is 5. The van der Waals surface area contributed by atoms with Crippen molar-refractivity contribution < 1.29 is 17.9 Å². The highest BCUT2D eigenvalue weighted by Crippen LogP contribution is 2.35. The quantitative estimate of drug-likeness (QED) is 0.601. The van der Waals surface area contributed by atoms with Gasteiger partial charge in [0.2, 0.25) is 0 Å². The highest BCUT2D eigenvalue weighted by Gasteiger charge is 2.34. The van der Waals surface area contributed by atoms with Gasteiger partial charge in [0.1, 0.15) is 12.4 Å². The molecule has 2 aromatic rings. The van der Waals surface area contributed by atoms with Gasteiger partial charge in [-0.1, -0.05) is 17.7 Å². The van der Waals surface area contributed by atoms with Crippen molar-refractivity contribution in [2.45, 2.75) is 12.8 Å². The third kappa shape index (κ3) is 3.79. The van der Waals surface area contributed by atoms with E-state index in [1.165, 1.54) is 12.1 Å². The van der Waals surface area contributed by atoms with E-state index in [1.54, 1.807) is 12.1 Å². The van der Waals surface area contributed by atoms with Gasteiger partial charge in [-0.25, -0.2) is 0 Å². The van der Waals surface area contributed by atoms with Crippen molar-refractivity contribution >= 4 is 34.2 Å². The number of rotatable bonds is 3. The van der Waals surface area contributed by atoms with E-state index in [0.717, 1.165) is 9.64 Å². The van der Waals surface area contributed by atoms with Gasteiger partial charge in [-0.3, -0.25) is 0 Å². The molecule has 2 rings (SSSR count). The van der Waals surface area contributed by atoms with Crippen molar-refractivity contribution in [3.8, 4) is 5.75 Å². The lowest BCUT2D eigenvalue weighted by Gasteiger charge is -2.15. The first kappa shape index (κ1) is 15.4. The van der Waals surface area contributed by atoms with Gasteiger partial charge < -0.3 is 4.74 Å². The molecule has 0 amide bonds. The van der Waals surface area contributed by atoms with Crippen LogP contribution in [-0.4, -0.2) is 0 Å². The van der Waals surface area contributed by atoms with Crippen LogP contribution >= 0.6 is 34.2 Å². The number of benzene rings is 2. The van der Waals surface area contributed by atoms with Gasteiger partial charge in [0.05, 0.1) is 5.56 Å². The molecular formula is C14H9ClF3IO. The van der Waals surface area contributed by atoms with Gasteiger partial charge in [0.15, 0.2) is 0 Å². The Morgan fingerprint density at radius 1 is 1.05 bits per heavy atom. The second-order valence-corrected chi connectivity index (χ2v) is 5.66. The van der Waals surface area contributed by atoms with Gasteiger partial charge in [0.25, 0.3) is 0 Å². The number of ether oxygens (including phenoxy) is 1. The number of hydrogen-bond acceptors (Lipinski definition) is 1. The first-order valence-electron chi connectivity index (χ1n) is 5.61. The molecule has 0 atom stereocenters. The smallest absolute Gasteiger partial charge is 0.416 e. The van der Waals surface area contributed by atoms with Crippen molar-refractivity contribution in [3.63, 3.8) is 0 Å². The second-order valence-electron chi connectivity index (χ2n) is 4.01. The molecule has 6 heteroatoms. The Balaban J connectivity index is 2.23. The molecule has 0 N–H and O–H groups in total. The van der Waals surface area contributed by atoms with Crippen LogP contribution in [0.25, 0.3) is 0 Å². The Labute approximate surface area is 132 Å². The van der Waals surface area contributed by atoms with Crippen LogP contribution in [0, 0.1) is 3.57 Å². The van der Waals surface area contributed by atoms with E-state index in [0.29, 0.717) is 5.75 Å². The number of hydrogen-bond donors (Lipinski definition) is 0. The van der Waals surface area contributed by atoms with Crippen LogP contribution in [0.2, 0.25) is 5.02 Å². The van der Waals surface area contributed by atoms with E-state index in [4.69, 9.17) is 16.3 Å². The van der Waals surface area contributed by atoms with Gasteiger partial charge in [0, 0.05) is 14.2 Å². The van der Waals surface area contributed by atoms with Crippen molar-refractivity contribution in [2.24, 2.45) is 0 Å². The maximum absolute atomic E-state index is 12.9. The predicted molar refractivity (Wildman–Crippen MR) is 79.9 cm³/mol. The Morgan fingerprint density at radius 3 is 2.30 bits per heavy atom.